The third kappa shape index (κ3) is 5.37. The summed E-state index contributed by atoms with van der Waals surface area (Å²) in [5, 5.41) is 14.6. The first kappa shape index (κ1) is 20.0. The molecule has 0 unspecified atom stereocenters. The molecule has 28 heavy (non-hydrogen) atoms. The maximum atomic E-state index is 12.9. The first-order valence-electron chi connectivity index (χ1n) is 8.46. The number of halogens is 1. The van der Waals surface area contributed by atoms with Crippen molar-refractivity contribution in [3.63, 3.8) is 0 Å². The lowest BCUT2D eigenvalue weighted by molar-refractivity contribution is -0.113. The Labute approximate surface area is 169 Å². The van der Waals surface area contributed by atoms with E-state index in [2.05, 4.69) is 20.8 Å². The van der Waals surface area contributed by atoms with Gasteiger partial charge in [-0.1, -0.05) is 30.4 Å². The Kier molecular flexibility index (Phi) is 6.72. The summed E-state index contributed by atoms with van der Waals surface area (Å²) in [6.45, 7) is 1.97. The van der Waals surface area contributed by atoms with E-state index in [-0.39, 0.29) is 23.4 Å². The predicted octanol–water partition coefficient (Wildman–Crippen LogP) is 4.22. The van der Waals surface area contributed by atoms with E-state index in [0.717, 1.165) is 11.4 Å². The molecule has 2 aromatic carbocycles. The monoisotopic (exact) mass is 416 g/mol. The molecule has 2 amide bonds. The van der Waals surface area contributed by atoms with E-state index in [9.17, 15) is 14.0 Å². The van der Waals surface area contributed by atoms with E-state index in [1.165, 1.54) is 47.4 Å². The smallest absolute Gasteiger partial charge is 0.258 e. The van der Waals surface area contributed by atoms with Gasteiger partial charge in [0.05, 0.1) is 11.3 Å². The van der Waals surface area contributed by atoms with Crippen molar-refractivity contribution in [2.75, 3.05) is 16.4 Å². The normalized spacial score (nSPS) is 10.5. The van der Waals surface area contributed by atoms with Gasteiger partial charge in [0.25, 0.3) is 5.91 Å². The Morgan fingerprint density at radius 3 is 2.54 bits per heavy atom. The molecule has 0 aliphatic heterocycles. The van der Waals surface area contributed by atoms with Crippen LogP contribution < -0.4 is 10.6 Å². The first-order chi connectivity index (χ1) is 13.5. The number of benzene rings is 2. The number of aromatic nitrogens is 2. The fraction of sp³-hybridized carbons (Fsp3) is 0.158. The zero-order valence-corrected chi connectivity index (χ0v) is 16.6. The molecule has 1 heterocycles. The molecule has 0 spiro atoms. The summed E-state index contributed by atoms with van der Waals surface area (Å²) in [4.78, 5) is 25.4. The van der Waals surface area contributed by atoms with E-state index < -0.39 is 0 Å². The third-order valence-electron chi connectivity index (χ3n) is 3.61. The van der Waals surface area contributed by atoms with Crippen LogP contribution in [0.3, 0.4) is 0 Å². The molecule has 2 N–H and O–H groups in total. The maximum Gasteiger partial charge on any atom is 0.258 e. The number of rotatable bonds is 7. The summed E-state index contributed by atoms with van der Waals surface area (Å²) >= 11 is 2.58. The fourth-order valence-corrected chi connectivity index (χ4v) is 3.79. The van der Waals surface area contributed by atoms with Gasteiger partial charge >= 0.3 is 0 Å². The van der Waals surface area contributed by atoms with Crippen molar-refractivity contribution in [2.24, 2.45) is 0 Å². The van der Waals surface area contributed by atoms with E-state index in [0.29, 0.717) is 21.3 Å². The van der Waals surface area contributed by atoms with E-state index in [4.69, 9.17) is 0 Å². The molecule has 3 rings (SSSR count). The molecule has 0 aliphatic rings. The molecule has 6 nitrogen and oxygen atoms in total. The second-order valence-corrected chi connectivity index (χ2v) is 7.73. The minimum absolute atomic E-state index is 0.112. The molecule has 144 valence electrons. The average molecular weight is 417 g/mol. The van der Waals surface area contributed by atoms with Gasteiger partial charge < -0.3 is 5.32 Å². The molecule has 0 saturated heterocycles. The number of carbonyl (C=O) groups excluding carboxylic acids is 2. The van der Waals surface area contributed by atoms with Crippen LogP contribution in [0.2, 0.25) is 0 Å². The van der Waals surface area contributed by atoms with Crippen LogP contribution in [0.1, 0.15) is 22.3 Å². The Bertz CT molecular complexity index is 976. The van der Waals surface area contributed by atoms with Gasteiger partial charge in [0.2, 0.25) is 11.0 Å². The van der Waals surface area contributed by atoms with Crippen LogP contribution in [-0.2, 0) is 11.2 Å². The van der Waals surface area contributed by atoms with E-state index in [1.54, 1.807) is 24.3 Å². The highest BCUT2D eigenvalue weighted by Gasteiger charge is 2.15. The molecular formula is C19H17FN4O2S2. The highest BCUT2D eigenvalue weighted by molar-refractivity contribution is 8.00. The summed E-state index contributed by atoms with van der Waals surface area (Å²) in [5.41, 5.74) is 0.969. The van der Waals surface area contributed by atoms with Gasteiger partial charge in [0.1, 0.15) is 10.8 Å². The van der Waals surface area contributed by atoms with Crippen molar-refractivity contribution < 1.29 is 14.0 Å². The number of carbonyl (C=O) groups is 2. The first-order valence-corrected chi connectivity index (χ1v) is 10.3. The van der Waals surface area contributed by atoms with Crippen LogP contribution in [0.25, 0.3) is 0 Å². The second kappa shape index (κ2) is 9.43. The summed E-state index contributed by atoms with van der Waals surface area (Å²) in [7, 11) is 0. The summed E-state index contributed by atoms with van der Waals surface area (Å²) in [6, 6.07) is 12.6. The van der Waals surface area contributed by atoms with Crippen LogP contribution in [0.15, 0.2) is 53.4 Å². The van der Waals surface area contributed by atoms with Crippen molar-refractivity contribution >= 4 is 45.7 Å². The Hall–Kier alpha value is -2.78. The van der Waals surface area contributed by atoms with Crippen LogP contribution >= 0.6 is 23.1 Å². The number of hydrogen-bond donors (Lipinski definition) is 2. The van der Waals surface area contributed by atoms with Crippen molar-refractivity contribution in [2.45, 2.75) is 18.2 Å². The van der Waals surface area contributed by atoms with Gasteiger partial charge in [-0.25, -0.2) is 4.39 Å². The molecule has 9 heteroatoms. The molecule has 0 atom stereocenters. The largest absolute Gasteiger partial charge is 0.325 e. The third-order valence-corrected chi connectivity index (χ3v) is 5.66. The number of nitrogens with one attached hydrogen (secondary N) is 2. The highest BCUT2D eigenvalue weighted by Crippen LogP contribution is 2.25. The van der Waals surface area contributed by atoms with Gasteiger partial charge in [0, 0.05) is 10.6 Å². The molecule has 0 aliphatic carbocycles. The van der Waals surface area contributed by atoms with Crippen molar-refractivity contribution in [1.29, 1.82) is 0 Å². The number of thioether (sulfide) groups is 1. The number of amides is 2. The molecular weight excluding hydrogens is 399 g/mol. The lowest BCUT2D eigenvalue weighted by Gasteiger charge is -2.09. The number of nitrogens with zero attached hydrogens (tertiary/aromatic N) is 2. The van der Waals surface area contributed by atoms with Crippen molar-refractivity contribution in [3.8, 4) is 0 Å². The Morgan fingerprint density at radius 2 is 1.82 bits per heavy atom. The van der Waals surface area contributed by atoms with Crippen LogP contribution in [0.4, 0.5) is 15.2 Å². The lowest BCUT2D eigenvalue weighted by Crippen LogP contribution is -2.15. The predicted molar refractivity (Wildman–Crippen MR) is 109 cm³/mol. The summed E-state index contributed by atoms with van der Waals surface area (Å²) in [5.74, 6) is -0.807. The number of aryl methyl sites for hydroxylation is 1. The molecule has 1 aromatic heterocycles. The fourth-order valence-electron chi connectivity index (χ4n) is 2.27. The molecule has 3 aromatic rings. The van der Waals surface area contributed by atoms with E-state index >= 15 is 0 Å². The van der Waals surface area contributed by atoms with Crippen LogP contribution in [-0.4, -0.2) is 27.8 Å². The maximum absolute atomic E-state index is 12.9. The van der Waals surface area contributed by atoms with Gasteiger partial charge in [0.15, 0.2) is 0 Å². The molecule has 0 radical (unpaired) electrons. The topological polar surface area (TPSA) is 84.0 Å². The molecule has 0 saturated carbocycles. The van der Waals surface area contributed by atoms with E-state index in [1.807, 2.05) is 6.92 Å². The standard InChI is InChI=1S/C19H17FN4O2S2/c1-2-17-23-24-19(28-17)22-18(26)14-5-3-4-6-15(14)27-11-16(25)21-13-9-7-12(20)8-10-13/h3-10H,2,11H2,1H3,(H,21,25)(H,22,24,26). The molecule has 0 fully saturated rings. The molecule has 0 bridgehead atoms. The SMILES string of the molecule is CCc1nnc(NC(=O)c2ccccc2SCC(=O)Nc2ccc(F)cc2)s1. The van der Waals surface area contributed by atoms with Crippen molar-refractivity contribution in [1.82, 2.24) is 10.2 Å². The second-order valence-electron chi connectivity index (χ2n) is 5.65. The van der Waals surface area contributed by atoms with Gasteiger partial charge in [-0.05, 0) is 42.8 Å². The van der Waals surface area contributed by atoms with Crippen LogP contribution in [0, 0.1) is 5.82 Å². The van der Waals surface area contributed by atoms with Gasteiger partial charge in [-0.15, -0.1) is 22.0 Å². The van der Waals surface area contributed by atoms with Crippen molar-refractivity contribution in [3.05, 3.63) is 64.9 Å². The Morgan fingerprint density at radius 1 is 1.07 bits per heavy atom. The average Bonchev–Trinajstić information content (AvgIpc) is 3.16. The highest BCUT2D eigenvalue weighted by atomic mass is 32.2. The van der Waals surface area contributed by atoms with Crippen LogP contribution in [0.5, 0.6) is 0 Å². The lowest BCUT2D eigenvalue weighted by atomic mass is 10.2. The summed E-state index contributed by atoms with van der Waals surface area (Å²) < 4.78 is 12.9. The van der Waals surface area contributed by atoms with Gasteiger partial charge in [-0.2, -0.15) is 0 Å². The Balaban J connectivity index is 1.62. The van der Waals surface area contributed by atoms with Gasteiger partial charge in [-0.3, -0.25) is 14.9 Å². The minimum Gasteiger partial charge on any atom is -0.325 e. The number of hydrogen-bond acceptors (Lipinski definition) is 6. The minimum atomic E-state index is -0.367. The zero-order chi connectivity index (χ0) is 19.9. The zero-order valence-electron chi connectivity index (χ0n) is 14.9. The summed E-state index contributed by atoms with van der Waals surface area (Å²) in [6.07, 6.45) is 0.753. The quantitative estimate of drug-likeness (QED) is 0.564. The number of anilines is 2.